The molecule has 0 aliphatic rings. The Hall–Kier alpha value is -1.82. The second-order valence-electron chi connectivity index (χ2n) is 3.63. The average molecular weight is 289 g/mol. The first-order chi connectivity index (χ1) is 8.93. The highest BCUT2D eigenvalue weighted by Crippen LogP contribution is 2.37. The van der Waals surface area contributed by atoms with E-state index >= 15 is 0 Å². The lowest BCUT2D eigenvalue weighted by Gasteiger charge is -2.12. The molecule has 0 aliphatic carbocycles. The van der Waals surface area contributed by atoms with Crippen molar-refractivity contribution in [1.29, 1.82) is 0 Å². The Morgan fingerprint density at radius 3 is 2.42 bits per heavy atom. The largest absolute Gasteiger partial charge is 0.479 e. The lowest BCUT2D eigenvalue weighted by Crippen LogP contribution is -2.07. The molecule has 0 amide bonds. The van der Waals surface area contributed by atoms with Crippen LogP contribution in [0.4, 0.5) is 13.2 Å². The first-order valence-corrected chi connectivity index (χ1v) is 5.55. The van der Waals surface area contributed by atoms with Gasteiger partial charge in [-0.25, -0.2) is 0 Å². The topological polar surface area (TPSA) is 35.0 Å². The SMILES string of the molecule is COc1nnc(-c2ccccc2C(F)(F)F)cc1Cl. The molecule has 0 aliphatic heterocycles. The van der Waals surface area contributed by atoms with E-state index in [0.29, 0.717) is 0 Å². The molecule has 2 aromatic rings. The number of benzene rings is 1. The van der Waals surface area contributed by atoms with Crippen LogP contribution < -0.4 is 4.74 Å². The molecule has 100 valence electrons. The first-order valence-electron chi connectivity index (χ1n) is 5.17. The van der Waals surface area contributed by atoms with Crippen LogP contribution in [-0.4, -0.2) is 17.3 Å². The van der Waals surface area contributed by atoms with Gasteiger partial charge in [-0.15, -0.1) is 10.2 Å². The predicted molar refractivity (Wildman–Crippen MR) is 64.0 cm³/mol. The standard InChI is InChI=1S/C12H8ClF3N2O/c1-19-11-9(13)6-10(17-18-11)7-4-2-3-5-8(7)12(14,15)16/h2-6H,1H3. The van der Waals surface area contributed by atoms with E-state index in [1.807, 2.05) is 0 Å². The van der Waals surface area contributed by atoms with Crippen molar-refractivity contribution in [2.24, 2.45) is 0 Å². The zero-order valence-electron chi connectivity index (χ0n) is 9.70. The molecular weight excluding hydrogens is 281 g/mol. The van der Waals surface area contributed by atoms with E-state index in [4.69, 9.17) is 16.3 Å². The molecule has 1 aromatic heterocycles. The molecule has 0 atom stereocenters. The molecule has 7 heteroatoms. The minimum absolute atomic E-state index is 0.0405. The van der Waals surface area contributed by atoms with Crippen LogP contribution in [0.5, 0.6) is 5.88 Å². The van der Waals surface area contributed by atoms with Gasteiger partial charge in [0.15, 0.2) is 0 Å². The lowest BCUT2D eigenvalue weighted by atomic mass is 10.0. The summed E-state index contributed by atoms with van der Waals surface area (Å²) in [5.74, 6) is 0.0647. The molecule has 0 spiro atoms. The van der Waals surface area contributed by atoms with Gasteiger partial charge in [-0.05, 0) is 12.1 Å². The maximum absolute atomic E-state index is 12.9. The van der Waals surface area contributed by atoms with Crippen LogP contribution in [0.25, 0.3) is 11.3 Å². The summed E-state index contributed by atoms with van der Waals surface area (Å²) in [5, 5.41) is 7.42. The van der Waals surface area contributed by atoms with Gasteiger partial charge in [0.1, 0.15) is 5.02 Å². The van der Waals surface area contributed by atoms with E-state index in [1.165, 1.54) is 31.4 Å². The molecule has 1 heterocycles. The number of rotatable bonds is 2. The molecule has 3 nitrogen and oxygen atoms in total. The normalized spacial score (nSPS) is 11.4. The second-order valence-corrected chi connectivity index (χ2v) is 4.04. The average Bonchev–Trinajstić information content (AvgIpc) is 2.37. The molecule has 0 saturated carbocycles. The molecule has 0 bridgehead atoms. The monoisotopic (exact) mass is 288 g/mol. The fraction of sp³-hybridized carbons (Fsp3) is 0.167. The lowest BCUT2D eigenvalue weighted by molar-refractivity contribution is -0.137. The van der Waals surface area contributed by atoms with Crippen LogP contribution in [0.3, 0.4) is 0 Å². The maximum Gasteiger partial charge on any atom is 0.417 e. The Labute approximate surface area is 112 Å². The molecule has 0 N–H and O–H groups in total. The van der Waals surface area contributed by atoms with Crippen molar-refractivity contribution in [2.45, 2.75) is 6.18 Å². The Morgan fingerprint density at radius 2 is 1.84 bits per heavy atom. The number of alkyl halides is 3. The summed E-state index contributed by atoms with van der Waals surface area (Å²) in [6.45, 7) is 0. The minimum atomic E-state index is -4.47. The van der Waals surface area contributed by atoms with Gasteiger partial charge in [0.05, 0.1) is 18.4 Å². The third-order valence-electron chi connectivity index (χ3n) is 2.42. The third-order valence-corrected chi connectivity index (χ3v) is 2.69. The fourth-order valence-corrected chi connectivity index (χ4v) is 1.80. The van der Waals surface area contributed by atoms with Crippen LogP contribution in [0.1, 0.15) is 5.56 Å². The van der Waals surface area contributed by atoms with Crippen molar-refractivity contribution in [3.8, 4) is 17.1 Å². The van der Waals surface area contributed by atoms with E-state index in [2.05, 4.69) is 10.2 Å². The summed E-state index contributed by atoms with van der Waals surface area (Å²) in [6, 6.07) is 6.39. The predicted octanol–water partition coefficient (Wildman–Crippen LogP) is 3.82. The van der Waals surface area contributed by atoms with Gasteiger partial charge in [0, 0.05) is 5.56 Å². The van der Waals surface area contributed by atoms with Crippen molar-refractivity contribution < 1.29 is 17.9 Å². The van der Waals surface area contributed by atoms with Crippen molar-refractivity contribution in [2.75, 3.05) is 7.11 Å². The zero-order valence-corrected chi connectivity index (χ0v) is 10.5. The van der Waals surface area contributed by atoms with Crippen LogP contribution in [-0.2, 0) is 6.18 Å². The Balaban J connectivity index is 2.57. The number of methoxy groups -OCH3 is 1. The van der Waals surface area contributed by atoms with Gasteiger partial charge in [-0.1, -0.05) is 29.8 Å². The van der Waals surface area contributed by atoms with Crippen molar-refractivity contribution in [3.63, 3.8) is 0 Å². The van der Waals surface area contributed by atoms with E-state index in [-0.39, 0.29) is 22.2 Å². The van der Waals surface area contributed by atoms with Crippen molar-refractivity contribution in [3.05, 3.63) is 40.9 Å². The second kappa shape index (κ2) is 5.05. The van der Waals surface area contributed by atoms with Crippen LogP contribution in [0.15, 0.2) is 30.3 Å². The highest BCUT2D eigenvalue weighted by Gasteiger charge is 2.33. The van der Waals surface area contributed by atoms with Crippen LogP contribution in [0.2, 0.25) is 5.02 Å². The minimum Gasteiger partial charge on any atom is -0.479 e. The Kier molecular flexibility index (Phi) is 3.61. The third kappa shape index (κ3) is 2.78. The fourth-order valence-electron chi connectivity index (χ4n) is 1.58. The summed E-state index contributed by atoms with van der Waals surface area (Å²) < 4.78 is 43.4. The van der Waals surface area contributed by atoms with Crippen LogP contribution in [0, 0.1) is 0 Å². The van der Waals surface area contributed by atoms with Crippen molar-refractivity contribution >= 4 is 11.6 Å². The quantitative estimate of drug-likeness (QED) is 0.842. The highest BCUT2D eigenvalue weighted by atomic mass is 35.5. The molecule has 0 saturated heterocycles. The molecule has 0 unspecified atom stereocenters. The van der Waals surface area contributed by atoms with Gasteiger partial charge < -0.3 is 4.74 Å². The number of nitrogens with zero attached hydrogens (tertiary/aromatic N) is 2. The van der Waals surface area contributed by atoms with Gasteiger partial charge in [0.2, 0.25) is 0 Å². The van der Waals surface area contributed by atoms with E-state index < -0.39 is 11.7 Å². The molecular formula is C12H8ClF3N2O. The molecule has 1 aromatic carbocycles. The van der Waals surface area contributed by atoms with Gasteiger partial charge in [-0.3, -0.25) is 0 Å². The zero-order chi connectivity index (χ0) is 14.0. The molecule has 2 rings (SSSR count). The van der Waals surface area contributed by atoms with E-state index in [1.54, 1.807) is 0 Å². The first kappa shape index (κ1) is 13.6. The van der Waals surface area contributed by atoms with E-state index in [9.17, 15) is 13.2 Å². The summed E-state index contributed by atoms with van der Waals surface area (Å²) in [4.78, 5) is 0. The van der Waals surface area contributed by atoms with E-state index in [0.717, 1.165) is 6.07 Å². The summed E-state index contributed by atoms with van der Waals surface area (Å²) >= 11 is 5.84. The summed E-state index contributed by atoms with van der Waals surface area (Å²) in [5.41, 5.74) is -0.823. The number of aromatic nitrogens is 2. The highest BCUT2D eigenvalue weighted by molar-refractivity contribution is 6.32. The number of ether oxygens (including phenoxy) is 1. The number of hydrogen-bond donors (Lipinski definition) is 0. The maximum atomic E-state index is 12.9. The Bertz CT molecular complexity index is 602. The smallest absolute Gasteiger partial charge is 0.417 e. The molecule has 19 heavy (non-hydrogen) atoms. The number of halogens is 4. The number of hydrogen-bond acceptors (Lipinski definition) is 3. The Morgan fingerprint density at radius 1 is 1.16 bits per heavy atom. The van der Waals surface area contributed by atoms with Crippen LogP contribution >= 0.6 is 11.6 Å². The van der Waals surface area contributed by atoms with Gasteiger partial charge in [-0.2, -0.15) is 13.2 Å². The van der Waals surface area contributed by atoms with Crippen molar-refractivity contribution in [1.82, 2.24) is 10.2 Å². The van der Waals surface area contributed by atoms with Gasteiger partial charge >= 0.3 is 6.18 Å². The molecule has 0 radical (unpaired) electrons. The summed E-state index contributed by atoms with van der Waals surface area (Å²) in [6.07, 6.45) is -4.47. The van der Waals surface area contributed by atoms with Gasteiger partial charge in [0.25, 0.3) is 5.88 Å². The summed E-state index contributed by atoms with van der Waals surface area (Å²) in [7, 11) is 1.35. The molecule has 0 fully saturated rings.